The van der Waals surface area contributed by atoms with Crippen LogP contribution in [0.2, 0.25) is 0 Å². The standard InChI is InChI=1S/6C2H8N2.2Cr.3H2O4S/c6*3-1-2-4;;;3*1-5(2,3)4/h6*1-4H2;;;3*(H2,1,2,3,4)/q;;;;;;2*+6;;;. The Morgan fingerprint density at radius 3 is 0.293 bits per heavy atom. The molecule has 0 unspecified atom stereocenters. The second kappa shape index (κ2) is 67.7. The first-order valence-electron chi connectivity index (χ1n) is 9.99. The second-order valence-corrected chi connectivity index (χ2v) is 7.49. The van der Waals surface area contributed by atoms with E-state index in [9.17, 15) is 0 Å². The van der Waals surface area contributed by atoms with Gasteiger partial charge in [0.05, 0.1) is 0 Å². The molecule has 0 atom stereocenters. The minimum atomic E-state index is -4.67. The molecule has 30 N–H and O–H groups in total. The van der Waals surface area contributed by atoms with Gasteiger partial charge in [0.2, 0.25) is 0 Å². The topological polar surface area (TPSA) is 536 Å². The third kappa shape index (κ3) is 1530. The van der Waals surface area contributed by atoms with Crippen molar-refractivity contribution in [3.63, 3.8) is 0 Å². The van der Waals surface area contributed by atoms with Gasteiger partial charge in [-0.3, -0.25) is 27.3 Å². The monoisotopic (exact) mass is 758 g/mol. The molecule has 0 spiro atoms. The average Bonchev–Trinajstić information content (AvgIpc) is 2.81. The normalized spacial score (nSPS) is 8.63. The first-order chi connectivity index (χ1) is 17.5. The summed E-state index contributed by atoms with van der Waals surface area (Å²) in [6.07, 6.45) is 0. The van der Waals surface area contributed by atoms with E-state index in [-0.39, 0.29) is 34.7 Å². The van der Waals surface area contributed by atoms with Gasteiger partial charge in [-0.05, 0) is 0 Å². The second-order valence-electron chi connectivity index (χ2n) is 4.81. The first-order valence-corrected chi connectivity index (χ1v) is 14.2. The Morgan fingerprint density at radius 2 is 0.293 bits per heavy atom. The molecule has 0 amide bonds. The van der Waals surface area contributed by atoms with Crippen LogP contribution in [0.4, 0.5) is 0 Å². The van der Waals surface area contributed by atoms with Gasteiger partial charge in [-0.2, -0.15) is 25.3 Å². The van der Waals surface area contributed by atoms with E-state index in [0.717, 1.165) is 0 Å². The largest absolute Gasteiger partial charge is 6.00 e. The molecule has 0 saturated carbocycles. The summed E-state index contributed by atoms with van der Waals surface area (Å²) in [5.41, 5.74) is 58.8. The Labute approximate surface area is 265 Å². The molecule has 41 heavy (non-hydrogen) atoms. The zero-order valence-corrected chi connectivity index (χ0v) is 27.6. The van der Waals surface area contributed by atoms with Crippen LogP contribution in [0, 0.1) is 0 Å². The zero-order valence-electron chi connectivity index (χ0n) is 22.6. The Hall–Kier alpha value is 0.195. The van der Waals surface area contributed by atoms with Gasteiger partial charge < -0.3 is 68.8 Å². The van der Waals surface area contributed by atoms with Crippen LogP contribution < -0.4 is 68.8 Å². The van der Waals surface area contributed by atoms with Crippen molar-refractivity contribution in [2.75, 3.05) is 78.5 Å². The minimum absolute atomic E-state index is 0. The van der Waals surface area contributed by atoms with Gasteiger partial charge in [-0.25, -0.2) is 0 Å². The molecule has 0 aliphatic carbocycles. The Morgan fingerprint density at radius 1 is 0.268 bits per heavy atom. The van der Waals surface area contributed by atoms with Gasteiger partial charge in [-0.1, -0.05) is 0 Å². The van der Waals surface area contributed by atoms with E-state index in [1.807, 2.05) is 0 Å². The molecule has 0 rings (SSSR count). The van der Waals surface area contributed by atoms with E-state index in [1.54, 1.807) is 0 Å². The Bertz CT molecular complexity index is 532. The molecule has 0 aliphatic heterocycles. The van der Waals surface area contributed by atoms with Crippen molar-refractivity contribution in [3.05, 3.63) is 0 Å². The van der Waals surface area contributed by atoms with E-state index < -0.39 is 31.2 Å². The Balaban J connectivity index is -0.0000000273. The molecule has 24 nitrogen and oxygen atoms in total. The maximum atomic E-state index is 8.74. The van der Waals surface area contributed by atoms with Crippen molar-refractivity contribution in [2.45, 2.75) is 0 Å². The van der Waals surface area contributed by atoms with Crippen molar-refractivity contribution in [3.8, 4) is 0 Å². The average molecular weight is 759 g/mol. The van der Waals surface area contributed by atoms with E-state index in [4.69, 9.17) is 121 Å². The van der Waals surface area contributed by atoms with Crippen LogP contribution in [0.1, 0.15) is 0 Å². The third-order valence-corrected chi connectivity index (χ3v) is 1.00. The summed E-state index contributed by atoms with van der Waals surface area (Å²) >= 11 is 0. The number of rotatable bonds is 6. The smallest absolute Gasteiger partial charge is 0.329 e. The van der Waals surface area contributed by atoms with Gasteiger partial charge >= 0.3 is 65.9 Å². The van der Waals surface area contributed by atoms with Crippen LogP contribution in [0.25, 0.3) is 0 Å². The van der Waals surface area contributed by atoms with Crippen molar-refractivity contribution in [1.82, 2.24) is 0 Å². The predicted molar refractivity (Wildman–Crippen MR) is 151 cm³/mol. The summed E-state index contributed by atoms with van der Waals surface area (Å²) in [5, 5.41) is 0. The van der Waals surface area contributed by atoms with Crippen molar-refractivity contribution in [1.29, 1.82) is 0 Å². The summed E-state index contributed by atoms with van der Waals surface area (Å²) in [7, 11) is -14.0. The Kier molecular flexibility index (Phi) is 121. The molecule has 0 aromatic carbocycles. The summed E-state index contributed by atoms with van der Waals surface area (Å²) in [6.45, 7) is 7.17. The van der Waals surface area contributed by atoms with Gasteiger partial charge in [0, 0.05) is 78.5 Å². The molecule has 29 heteroatoms. The first kappa shape index (κ1) is 73.0. The third-order valence-electron chi connectivity index (χ3n) is 1.00. The summed E-state index contributed by atoms with van der Waals surface area (Å²) < 4.78 is 94.8. The van der Waals surface area contributed by atoms with E-state index >= 15 is 0 Å². The molecule has 0 radical (unpaired) electrons. The molecule has 252 valence electrons. The van der Waals surface area contributed by atoms with Gasteiger partial charge in [0.1, 0.15) is 0 Å². The van der Waals surface area contributed by atoms with Crippen LogP contribution >= 0.6 is 0 Å². The summed E-state index contributed by atoms with van der Waals surface area (Å²) in [5.74, 6) is 0. The molecular weight excluding hydrogens is 704 g/mol. The number of hydrogen-bond acceptors (Lipinski definition) is 18. The van der Waals surface area contributed by atoms with Gasteiger partial charge in [-0.15, -0.1) is 0 Å². The minimum Gasteiger partial charge on any atom is -0.329 e. The number of hydrogen-bond donors (Lipinski definition) is 18. The SMILES string of the molecule is NCCN.NCCN.NCCN.NCCN.NCCN.NCCN.O=S(=O)(O)O.O=S(=O)(O)O.O=S(=O)(O)O.[Cr+6].[Cr+6]. The van der Waals surface area contributed by atoms with E-state index in [2.05, 4.69) is 0 Å². The van der Waals surface area contributed by atoms with Crippen LogP contribution in [0.15, 0.2) is 0 Å². The molecule has 0 aromatic rings. The molecule has 0 saturated heterocycles. The van der Waals surface area contributed by atoms with Crippen molar-refractivity contribution < 1.29 is 87.3 Å². The van der Waals surface area contributed by atoms with Gasteiger partial charge in [0.15, 0.2) is 0 Å². The maximum absolute atomic E-state index is 8.74. The molecule has 0 fully saturated rings. The molecule has 0 heterocycles. The van der Waals surface area contributed by atoms with E-state index in [0.29, 0.717) is 78.5 Å². The van der Waals surface area contributed by atoms with Gasteiger partial charge in [0.25, 0.3) is 0 Å². The van der Waals surface area contributed by atoms with E-state index in [1.165, 1.54) is 0 Å². The zero-order chi connectivity index (χ0) is 34.0. The quantitative estimate of drug-likeness (QED) is 0.112. The molecule has 0 aromatic heterocycles. The summed E-state index contributed by atoms with van der Waals surface area (Å²) in [6, 6.07) is 0. The van der Waals surface area contributed by atoms with Crippen LogP contribution in [-0.2, 0) is 65.9 Å². The molecule has 0 aliphatic rings. The van der Waals surface area contributed by atoms with Crippen LogP contribution in [0.3, 0.4) is 0 Å². The maximum Gasteiger partial charge on any atom is 6.00 e. The fraction of sp³-hybridized carbons (Fsp3) is 1.00. The van der Waals surface area contributed by atoms with Crippen LogP contribution in [-0.4, -0.2) is 131 Å². The molecule has 0 bridgehead atoms. The predicted octanol–water partition coefficient (Wildman–Crippen LogP) is -8.54. The van der Waals surface area contributed by atoms with Crippen LogP contribution in [0.5, 0.6) is 0 Å². The molecular formula is C12H54Cr2N12O12S3+12. The number of nitrogens with two attached hydrogens (primary N) is 12. The van der Waals surface area contributed by atoms with Crippen molar-refractivity contribution in [2.24, 2.45) is 68.8 Å². The fourth-order valence-corrected chi connectivity index (χ4v) is 0. The summed E-state index contributed by atoms with van der Waals surface area (Å²) in [4.78, 5) is 0. The van der Waals surface area contributed by atoms with Crippen molar-refractivity contribution >= 4 is 31.2 Å². The fourth-order valence-electron chi connectivity index (χ4n) is 0.